The molecule has 1 atom stereocenters. The van der Waals surface area contributed by atoms with Crippen molar-refractivity contribution in [2.45, 2.75) is 40.3 Å². The van der Waals surface area contributed by atoms with Gasteiger partial charge in [0.2, 0.25) is 0 Å². The molecule has 2 aromatic heterocycles. The van der Waals surface area contributed by atoms with Crippen molar-refractivity contribution in [3.8, 4) is 0 Å². The molecule has 0 spiro atoms. The molecule has 0 aliphatic rings. The van der Waals surface area contributed by atoms with Crippen molar-refractivity contribution >= 4 is 0 Å². The Bertz CT molecular complexity index is 663. The normalized spacial score (nSPS) is 12.4. The number of aromatic amines is 1. The molecule has 0 saturated heterocycles. The molecular weight excluding hydrogens is 252 g/mol. The van der Waals surface area contributed by atoms with Crippen LogP contribution >= 0.6 is 0 Å². The van der Waals surface area contributed by atoms with Gasteiger partial charge in [-0.05, 0) is 39.3 Å². The third kappa shape index (κ3) is 3.11. The fraction of sp³-hybridized carbons (Fsp3) is 0.400. The smallest absolute Gasteiger partial charge is 0.255 e. The van der Waals surface area contributed by atoms with Crippen LogP contribution in [0, 0.1) is 20.8 Å². The van der Waals surface area contributed by atoms with Crippen molar-refractivity contribution < 1.29 is 0 Å². The predicted octanol–water partition coefficient (Wildman–Crippen LogP) is 1.94. The molecule has 5 nitrogen and oxygen atoms in total. The zero-order valence-corrected chi connectivity index (χ0v) is 12.3. The second kappa shape index (κ2) is 5.96. The molecule has 20 heavy (non-hydrogen) atoms. The molecule has 1 unspecified atom stereocenters. The van der Waals surface area contributed by atoms with Crippen LogP contribution in [0.2, 0.25) is 0 Å². The molecule has 0 fully saturated rings. The molecule has 0 aliphatic heterocycles. The summed E-state index contributed by atoms with van der Waals surface area (Å²) in [5.41, 5.74) is 3.51. The van der Waals surface area contributed by atoms with Crippen LogP contribution in [-0.4, -0.2) is 15.0 Å². The van der Waals surface area contributed by atoms with E-state index < -0.39 is 0 Å². The highest BCUT2D eigenvalue weighted by atomic mass is 16.1. The minimum atomic E-state index is -0.0762. The third-order valence-corrected chi connectivity index (χ3v) is 3.39. The number of H-pyrrole nitrogens is 1. The van der Waals surface area contributed by atoms with E-state index in [0.717, 1.165) is 17.0 Å². The Labute approximate surface area is 118 Å². The Morgan fingerprint density at radius 1 is 1.35 bits per heavy atom. The molecule has 2 aromatic rings. The van der Waals surface area contributed by atoms with Crippen LogP contribution in [0.1, 0.15) is 41.3 Å². The van der Waals surface area contributed by atoms with E-state index in [4.69, 9.17) is 0 Å². The van der Waals surface area contributed by atoms with E-state index in [1.807, 2.05) is 32.9 Å². The first-order valence-corrected chi connectivity index (χ1v) is 6.70. The number of nitrogens with one attached hydrogen (secondary N) is 2. The summed E-state index contributed by atoms with van der Waals surface area (Å²) in [7, 11) is 0. The molecule has 0 radical (unpaired) electrons. The van der Waals surface area contributed by atoms with Gasteiger partial charge in [-0.15, -0.1) is 0 Å². The van der Waals surface area contributed by atoms with Crippen LogP contribution in [0.25, 0.3) is 0 Å². The summed E-state index contributed by atoms with van der Waals surface area (Å²) < 4.78 is 0. The van der Waals surface area contributed by atoms with Gasteiger partial charge >= 0.3 is 0 Å². The summed E-state index contributed by atoms with van der Waals surface area (Å²) in [5.74, 6) is 0.643. The molecule has 2 N–H and O–H groups in total. The lowest BCUT2D eigenvalue weighted by Crippen LogP contribution is -2.28. The molecule has 0 amide bonds. The number of hydrogen-bond acceptors (Lipinski definition) is 4. The standard InChI is InChI=1S/C15H20N4O/c1-9-6-5-7-16-13(9)8-17-10(2)14-11(3)18-12(4)19-15(14)20/h5-7,10,17H,8H2,1-4H3,(H,18,19,20). The van der Waals surface area contributed by atoms with Crippen molar-refractivity contribution in [2.75, 3.05) is 0 Å². The van der Waals surface area contributed by atoms with E-state index in [1.54, 1.807) is 13.1 Å². The topological polar surface area (TPSA) is 70.7 Å². The van der Waals surface area contributed by atoms with Gasteiger partial charge in [-0.3, -0.25) is 9.78 Å². The second-order valence-electron chi connectivity index (χ2n) is 5.02. The van der Waals surface area contributed by atoms with Crippen molar-refractivity contribution in [1.29, 1.82) is 0 Å². The summed E-state index contributed by atoms with van der Waals surface area (Å²) in [5, 5.41) is 3.33. The van der Waals surface area contributed by atoms with Gasteiger partial charge < -0.3 is 10.3 Å². The highest BCUT2D eigenvalue weighted by Gasteiger charge is 2.14. The van der Waals surface area contributed by atoms with E-state index in [0.29, 0.717) is 17.9 Å². The summed E-state index contributed by atoms with van der Waals surface area (Å²) in [4.78, 5) is 23.4. The summed E-state index contributed by atoms with van der Waals surface area (Å²) in [6.45, 7) is 8.27. The summed E-state index contributed by atoms with van der Waals surface area (Å²) >= 11 is 0. The van der Waals surface area contributed by atoms with Crippen molar-refractivity contribution in [2.24, 2.45) is 0 Å². The largest absolute Gasteiger partial charge is 0.310 e. The number of nitrogens with zero attached hydrogens (tertiary/aromatic N) is 2. The maximum Gasteiger partial charge on any atom is 0.255 e. The Hall–Kier alpha value is -2.01. The predicted molar refractivity (Wildman–Crippen MR) is 78.6 cm³/mol. The van der Waals surface area contributed by atoms with Crippen molar-refractivity contribution in [3.63, 3.8) is 0 Å². The zero-order valence-electron chi connectivity index (χ0n) is 12.3. The first kappa shape index (κ1) is 14.4. The molecule has 5 heteroatoms. The average molecular weight is 272 g/mol. The Morgan fingerprint density at radius 3 is 2.75 bits per heavy atom. The van der Waals surface area contributed by atoms with E-state index in [-0.39, 0.29) is 11.6 Å². The first-order chi connectivity index (χ1) is 9.49. The highest BCUT2D eigenvalue weighted by molar-refractivity contribution is 5.21. The summed E-state index contributed by atoms with van der Waals surface area (Å²) in [6, 6.07) is 3.87. The minimum absolute atomic E-state index is 0.0757. The lowest BCUT2D eigenvalue weighted by molar-refractivity contribution is 0.555. The van der Waals surface area contributed by atoms with Crippen molar-refractivity contribution in [1.82, 2.24) is 20.3 Å². The third-order valence-electron chi connectivity index (χ3n) is 3.39. The SMILES string of the molecule is Cc1nc(C)c(C(C)NCc2ncccc2C)c(=O)[nH]1. The zero-order chi connectivity index (χ0) is 14.7. The van der Waals surface area contributed by atoms with Gasteiger partial charge in [0.25, 0.3) is 5.56 Å². The van der Waals surface area contributed by atoms with Crippen LogP contribution in [-0.2, 0) is 6.54 Å². The molecule has 106 valence electrons. The number of pyridine rings is 1. The maximum absolute atomic E-state index is 12.0. The molecule has 0 bridgehead atoms. The van der Waals surface area contributed by atoms with Gasteiger partial charge in [0.15, 0.2) is 0 Å². The van der Waals surface area contributed by atoms with Crippen LogP contribution in [0.3, 0.4) is 0 Å². The van der Waals surface area contributed by atoms with Gasteiger partial charge in [0, 0.05) is 24.5 Å². The average Bonchev–Trinajstić information content (AvgIpc) is 2.36. The molecule has 0 aromatic carbocycles. The second-order valence-corrected chi connectivity index (χ2v) is 5.02. The fourth-order valence-corrected chi connectivity index (χ4v) is 2.30. The fourth-order valence-electron chi connectivity index (χ4n) is 2.30. The lowest BCUT2D eigenvalue weighted by atomic mass is 10.1. The van der Waals surface area contributed by atoms with E-state index >= 15 is 0 Å². The molecule has 2 heterocycles. The van der Waals surface area contributed by atoms with Crippen LogP contribution in [0.4, 0.5) is 0 Å². The maximum atomic E-state index is 12.0. The van der Waals surface area contributed by atoms with Crippen LogP contribution in [0.5, 0.6) is 0 Å². The quantitative estimate of drug-likeness (QED) is 0.892. The molecular formula is C15H20N4O. The lowest BCUT2D eigenvalue weighted by Gasteiger charge is -2.15. The van der Waals surface area contributed by atoms with Crippen LogP contribution < -0.4 is 10.9 Å². The van der Waals surface area contributed by atoms with E-state index in [9.17, 15) is 4.79 Å². The summed E-state index contributed by atoms with van der Waals surface area (Å²) in [6.07, 6.45) is 1.78. The number of aryl methyl sites for hydroxylation is 3. The number of aromatic nitrogens is 3. The monoisotopic (exact) mass is 272 g/mol. The molecule has 2 rings (SSSR count). The van der Waals surface area contributed by atoms with Gasteiger partial charge in [0.1, 0.15) is 5.82 Å². The van der Waals surface area contributed by atoms with E-state index in [1.165, 1.54) is 0 Å². The van der Waals surface area contributed by atoms with Gasteiger partial charge in [-0.25, -0.2) is 4.98 Å². The Kier molecular flexibility index (Phi) is 4.29. The minimum Gasteiger partial charge on any atom is -0.310 e. The van der Waals surface area contributed by atoms with Crippen molar-refractivity contribution in [3.05, 3.63) is 57.0 Å². The van der Waals surface area contributed by atoms with Gasteiger partial charge in [-0.1, -0.05) is 6.07 Å². The van der Waals surface area contributed by atoms with E-state index in [2.05, 4.69) is 20.3 Å². The van der Waals surface area contributed by atoms with Gasteiger partial charge in [0.05, 0.1) is 11.3 Å². The molecule has 0 saturated carbocycles. The Balaban J connectivity index is 2.16. The Morgan fingerprint density at radius 2 is 2.10 bits per heavy atom. The number of hydrogen-bond donors (Lipinski definition) is 2. The first-order valence-electron chi connectivity index (χ1n) is 6.70. The van der Waals surface area contributed by atoms with Crippen LogP contribution in [0.15, 0.2) is 23.1 Å². The number of rotatable bonds is 4. The van der Waals surface area contributed by atoms with Gasteiger partial charge in [-0.2, -0.15) is 0 Å². The highest BCUT2D eigenvalue weighted by Crippen LogP contribution is 2.12. The molecule has 0 aliphatic carbocycles.